The monoisotopic (exact) mass is 281 g/mol. The Hall–Kier alpha value is -1.40. The normalized spacial score (nSPS) is 18.3. The lowest BCUT2D eigenvalue weighted by Gasteiger charge is -2.33. The van der Waals surface area contributed by atoms with Crippen molar-refractivity contribution in [3.63, 3.8) is 0 Å². The summed E-state index contributed by atoms with van der Waals surface area (Å²) in [6, 6.07) is 6.95. The van der Waals surface area contributed by atoms with E-state index in [-0.39, 0.29) is 5.91 Å². The van der Waals surface area contributed by atoms with Gasteiger partial charge in [-0.1, -0.05) is 6.92 Å². The zero-order valence-corrected chi connectivity index (χ0v) is 11.9. The molecule has 1 unspecified atom stereocenters. The van der Waals surface area contributed by atoms with Crippen molar-refractivity contribution in [2.45, 2.75) is 6.92 Å². The number of piperazine rings is 1. The van der Waals surface area contributed by atoms with E-state index >= 15 is 0 Å². The summed E-state index contributed by atoms with van der Waals surface area (Å²) in [5.41, 5.74) is 6.91. The highest BCUT2D eigenvalue weighted by molar-refractivity contribution is 7.82. The predicted molar refractivity (Wildman–Crippen MR) is 77.0 cm³/mol. The van der Waals surface area contributed by atoms with Crippen molar-refractivity contribution in [1.29, 1.82) is 0 Å². The minimum absolute atomic E-state index is 0.0157. The second kappa shape index (κ2) is 6.16. The second-order valence-corrected chi connectivity index (χ2v) is 6.19. The SMILES string of the molecule is CCS(=O)N1CCN(C(=O)c2ccc(N)cc2)CC1. The Morgan fingerprint density at radius 2 is 1.79 bits per heavy atom. The third-order valence-electron chi connectivity index (χ3n) is 3.22. The molecule has 1 aliphatic rings. The number of carbonyl (C=O) groups is 1. The molecular weight excluding hydrogens is 262 g/mol. The Labute approximate surface area is 116 Å². The molecule has 0 aliphatic carbocycles. The summed E-state index contributed by atoms with van der Waals surface area (Å²) in [5, 5.41) is 0. The van der Waals surface area contributed by atoms with Gasteiger partial charge in [-0.05, 0) is 24.3 Å². The molecule has 1 aliphatic heterocycles. The second-order valence-electron chi connectivity index (χ2n) is 4.45. The van der Waals surface area contributed by atoms with E-state index in [1.165, 1.54) is 0 Å². The van der Waals surface area contributed by atoms with E-state index in [9.17, 15) is 9.00 Å². The smallest absolute Gasteiger partial charge is 0.253 e. The van der Waals surface area contributed by atoms with Gasteiger partial charge in [0.2, 0.25) is 0 Å². The van der Waals surface area contributed by atoms with Crippen molar-refractivity contribution in [2.24, 2.45) is 0 Å². The fourth-order valence-electron chi connectivity index (χ4n) is 2.09. The van der Waals surface area contributed by atoms with Crippen LogP contribution >= 0.6 is 0 Å². The van der Waals surface area contributed by atoms with Crippen molar-refractivity contribution in [3.05, 3.63) is 29.8 Å². The summed E-state index contributed by atoms with van der Waals surface area (Å²) in [5.74, 6) is 0.647. The van der Waals surface area contributed by atoms with Crippen molar-refractivity contribution in [1.82, 2.24) is 9.21 Å². The summed E-state index contributed by atoms with van der Waals surface area (Å²) in [7, 11) is -0.910. The standard InChI is InChI=1S/C13H19N3O2S/c1-2-19(18)16-9-7-15(8-10-16)13(17)11-3-5-12(14)6-4-11/h3-6H,2,7-10,14H2,1H3. The zero-order chi connectivity index (χ0) is 13.8. The zero-order valence-electron chi connectivity index (χ0n) is 11.0. The van der Waals surface area contributed by atoms with Crippen LogP contribution in [0, 0.1) is 0 Å². The summed E-state index contributed by atoms with van der Waals surface area (Å²) < 4.78 is 13.6. The first-order valence-electron chi connectivity index (χ1n) is 6.40. The molecule has 5 nitrogen and oxygen atoms in total. The maximum atomic E-state index is 12.2. The molecule has 104 valence electrons. The summed E-state index contributed by atoms with van der Waals surface area (Å²) in [4.78, 5) is 14.0. The van der Waals surface area contributed by atoms with Gasteiger partial charge in [0.1, 0.15) is 0 Å². The van der Waals surface area contributed by atoms with Gasteiger partial charge in [-0.3, -0.25) is 4.79 Å². The Bertz CT molecular complexity index is 467. The Morgan fingerprint density at radius 3 is 2.32 bits per heavy atom. The molecule has 2 rings (SSSR count). The van der Waals surface area contributed by atoms with Gasteiger partial charge in [0.25, 0.3) is 5.91 Å². The average molecular weight is 281 g/mol. The van der Waals surface area contributed by atoms with Gasteiger partial charge < -0.3 is 10.6 Å². The third kappa shape index (κ3) is 3.33. The van der Waals surface area contributed by atoms with E-state index in [0.29, 0.717) is 43.2 Å². The van der Waals surface area contributed by atoms with Crippen LogP contribution in [0.1, 0.15) is 17.3 Å². The van der Waals surface area contributed by atoms with Crippen LogP contribution in [0.4, 0.5) is 5.69 Å². The van der Waals surface area contributed by atoms with Crippen LogP contribution in [0.25, 0.3) is 0 Å². The third-order valence-corrected chi connectivity index (χ3v) is 4.65. The molecule has 1 amide bonds. The van der Waals surface area contributed by atoms with Gasteiger partial charge in [0.15, 0.2) is 0 Å². The van der Waals surface area contributed by atoms with Crippen molar-refractivity contribution < 1.29 is 9.00 Å². The summed E-state index contributed by atoms with van der Waals surface area (Å²) in [6.07, 6.45) is 0. The number of hydrogen-bond acceptors (Lipinski definition) is 3. The fourth-order valence-corrected chi connectivity index (χ4v) is 3.02. The predicted octanol–water partition coefficient (Wildman–Crippen LogP) is 0.710. The minimum atomic E-state index is -0.910. The van der Waals surface area contributed by atoms with E-state index < -0.39 is 11.0 Å². The maximum absolute atomic E-state index is 12.2. The lowest BCUT2D eigenvalue weighted by Crippen LogP contribution is -2.49. The van der Waals surface area contributed by atoms with Gasteiger partial charge in [-0.2, -0.15) is 0 Å². The molecule has 0 bridgehead atoms. The van der Waals surface area contributed by atoms with Gasteiger partial charge in [-0.25, -0.2) is 8.51 Å². The highest BCUT2D eigenvalue weighted by Crippen LogP contribution is 2.12. The average Bonchev–Trinajstić information content (AvgIpc) is 2.46. The largest absolute Gasteiger partial charge is 0.399 e. The first-order chi connectivity index (χ1) is 9.11. The van der Waals surface area contributed by atoms with Crippen LogP contribution < -0.4 is 5.73 Å². The maximum Gasteiger partial charge on any atom is 0.253 e. The van der Waals surface area contributed by atoms with Crippen LogP contribution in [-0.2, 0) is 11.0 Å². The topological polar surface area (TPSA) is 66.6 Å². The molecule has 1 heterocycles. The molecule has 1 saturated heterocycles. The molecule has 0 saturated carbocycles. The number of anilines is 1. The highest BCUT2D eigenvalue weighted by Gasteiger charge is 2.24. The van der Waals surface area contributed by atoms with E-state index in [1.807, 2.05) is 11.2 Å². The first kappa shape index (κ1) is 14.0. The molecule has 1 aromatic carbocycles. The van der Waals surface area contributed by atoms with E-state index in [2.05, 4.69) is 0 Å². The minimum Gasteiger partial charge on any atom is -0.399 e. The van der Waals surface area contributed by atoms with Crippen molar-refractivity contribution >= 4 is 22.6 Å². The van der Waals surface area contributed by atoms with Crippen LogP contribution in [-0.4, -0.2) is 51.3 Å². The number of nitrogens with two attached hydrogens (primary N) is 1. The number of carbonyl (C=O) groups excluding carboxylic acids is 1. The number of nitrogens with zero attached hydrogens (tertiary/aromatic N) is 2. The van der Waals surface area contributed by atoms with Crippen LogP contribution in [0.5, 0.6) is 0 Å². The number of hydrogen-bond donors (Lipinski definition) is 1. The summed E-state index contributed by atoms with van der Waals surface area (Å²) >= 11 is 0. The Balaban J connectivity index is 1.96. The number of rotatable bonds is 3. The van der Waals surface area contributed by atoms with Crippen LogP contribution in [0.2, 0.25) is 0 Å². The molecule has 1 aromatic rings. The van der Waals surface area contributed by atoms with Crippen molar-refractivity contribution in [3.8, 4) is 0 Å². The van der Waals surface area contributed by atoms with Gasteiger partial charge >= 0.3 is 0 Å². The molecule has 2 N–H and O–H groups in total. The van der Waals surface area contributed by atoms with Gasteiger partial charge in [-0.15, -0.1) is 0 Å². The van der Waals surface area contributed by atoms with Gasteiger partial charge in [0, 0.05) is 43.2 Å². The molecule has 0 spiro atoms. The molecule has 19 heavy (non-hydrogen) atoms. The molecule has 6 heteroatoms. The lowest BCUT2D eigenvalue weighted by atomic mass is 10.1. The fraction of sp³-hybridized carbons (Fsp3) is 0.462. The van der Waals surface area contributed by atoms with Crippen LogP contribution in [0.15, 0.2) is 24.3 Å². The summed E-state index contributed by atoms with van der Waals surface area (Å²) in [6.45, 7) is 4.48. The lowest BCUT2D eigenvalue weighted by molar-refractivity contribution is 0.0701. The molecule has 0 radical (unpaired) electrons. The molecule has 0 aromatic heterocycles. The number of benzene rings is 1. The Kier molecular flexibility index (Phi) is 4.55. The quantitative estimate of drug-likeness (QED) is 0.830. The molecule has 1 atom stereocenters. The number of amides is 1. The van der Waals surface area contributed by atoms with E-state index in [4.69, 9.17) is 5.73 Å². The van der Waals surface area contributed by atoms with Crippen LogP contribution in [0.3, 0.4) is 0 Å². The highest BCUT2D eigenvalue weighted by atomic mass is 32.2. The molecule has 1 fully saturated rings. The van der Waals surface area contributed by atoms with E-state index in [1.54, 1.807) is 29.2 Å². The number of nitrogen functional groups attached to an aromatic ring is 1. The van der Waals surface area contributed by atoms with Crippen molar-refractivity contribution in [2.75, 3.05) is 37.7 Å². The first-order valence-corrected chi connectivity index (χ1v) is 7.67. The van der Waals surface area contributed by atoms with E-state index in [0.717, 1.165) is 0 Å². The molecular formula is C13H19N3O2S. The van der Waals surface area contributed by atoms with Gasteiger partial charge in [0.05, 0.1) is 11.0 Å². The Morgan fingerprint density at radius 1 is 1.21 bits per heavy atom.